The summed E-state index contributed by atoms with van der Waals surface area (Å²) in [5, 5.41) is 9.82. The molecular formula is C17H14N2O4S. The van der Waals surface area contributed by atoms with Crippen molar-refractivity contribution in [3.05, 3.63) is 42.2 Å². The third-order valence-electron chi connectivity index (χ3n) is 4.08. The topological polar surface area (TPSA) is 83.6 Å². The van der Waals surface area contributed by atoms with Crippen LogP contribution in [0.15, 0.2) is 40.8 Å². The molecule has 0 bridgehead atoms. The summed E-state index contributed by atoms with van der Waals surface area (Å²) in [6.45, 7) is 0.513. The summed E-state index contributed by atoms with van der Waals surface area (Å²) in [4.78, 5) is 29.0. The maximum atomic E-state index is 11.9. The predicted molar refractivity (Wildman–Crippen MR) is 88.5 cm³/mol. The van der Waals surface area contributed by atoms with Crippen molar-refractivity contribution >= 4 is 33.4 Å². The Kier molecular flexibility index (Phi) is 3.57. The lowest BCUT2D eigenvalue weighted by atomic mass is 10.1. The molecule has 4 rings (SSSR count). The van der Waals surface area contributed by atoms with Crippen LogP contribution < -0.4 is 0 Å². The van der Waals surface area contributed by atoms with E-state index in [1.807, 2.05) is 36.4 Å². The van der Waals surface area contributed by atoms with E-state index in [1.165, 1.54) is 4.90 Å². The Morgan fingerprint density at radius 3 is 2.92 bits per heavy atom. The molecule has 1 N–H and O–H groups in total. The number of nitrogens with zero attached hydrogens (tertiary/aromatic N) is 2. The number of carboxylic acids is 1. The van der Waals surface area contributed by atoms with Gasteiger partial charge in [-0.1, -0.05) is 12.1 Å². The van der Waals surface area contributed by atoms with Gasteiger partial charge in [-0.15, -0.1) is 11.3 Å². The zero-order chi connectivity index (χ0) is 16.7. The summed E-state index contributed by atoms with van der Waals surface area (Å²) in [6, 6.07) is 11.5. The molecule has 122 valence electrons. The van der Waals surface area contributed by atoms with E-state index in [4.69, 9.17) is 9.52 Å². The maximum absolute atomic E-state index is 11.9. The largest absolute Gasteiger partial charge is 0.481 e. The molecule has 1 fully saturated rings. The molecule has 0 radical (unpaired) electrons. The number of fused-ring (bicyclic) bond motifs is 1. The van der Waals surface area contributed by atoms with Gasteiger partial charge in [0.25, 0.3) is 0 Å². The highest BCUT2D eigenvalue weighted by Gasteiger charge is 2.34. The first-order chi connectivity index (χ1) is 11.6. The number of aliphatic carboxylic acids is 1. The molecule has 0 spiro atoms. The number of aromatic nitrogens is 1. The molecule has 1 atom stereocenters. The number of hydrogen-bond donors (Lipinski definition) is 1. The Labute approximate surface area is 141 Å². The normalized spacial score (nSPS) is 17.8. The highest BCUT2D eigenvalue weighted by Crippen LogP contribution is 2.31. The smallest absolute Gasteiger partial charge is 0.308 e. The molecule has 1 saturated heterocycles. The maximum Gasteiger partial charge on any atom is 0.308 e. The van der Waals surface area contributed by atoms with Crippen molar-refractivity contribution < 1.29 is 19.1 Å². The SMILES string of the molecule is O=C(O)[C@@H]1CC(=O)N(Cc2ccc(-c3nc4ccccc4s3)o2)C1. The minimum Gasteiger partial charge on any atom is -0.481 e. The molecule has 3 aromatic rings. The number of benzene rings is 1. The second kappa shape index (κ2) is 5.76. The second-order valence-electron chi connectivity index (χ2n) is 5.77. The van der Waals surface area contributed by atoms with Crippen LogP contribution in [0.3, 0.4) is 0 Å². The third kappa shape index (κ3) is 2.67. The lowest BCUT2D eigenvalue weighted by molar-refractivity contribution is -0.141. The van der Waals surface area contributed by atoms with Gasteiger partial charge in [-0.25, -0.2) is 4.98 Å². The average Bonchev–Trinajstić information content (AvgIpc) is 3.26. The van der Waals surface area contributed by atoms with E-state index in [-0.39, 0.29) is 25.4 Å². The Balaban J connectivity index is 1.53. The minimum atomic E-state index is -0.930. The number of carbonyl (C=O) groups is 2. The van der Waals surface area contributed by atoms with Gasteiger partial charge in [0.05, 0.1) is 22.7 Å². The number of amides is 1. The van der Waals surface area contributed by atoms with Crippen LogP contribution in [0.4, 0.5) is 0 Å². The number of thiazole rings is 1. The average molecular weight is 342 g/mol. The van der Waals surface area contributed by atoms with Gasteiger partial charge >= 0.3 is 5.97 Å². The predicted octanol–water partition coefficient (Wildman–Crippen LogP) is 2.99. The fraction of sp³-hybridized carbons (Fsp3) is 0.235. The molecule has 1 amide bonds. The monoisotopic (exact) mass is 342 g/mol. The first-order valence-electron chi connectivity index (χ1n) is 7.55. The zero-order valence-electron chi connectivity index (χ0n) is 12.6. The van der Waals surface area contributed by atoms with Crippen molar-refractivity contribution in [3.63, 3.8) is 0 Å². The Hall–Kier alpha value is -2.67. The molecule has 6 nitrogen and oxygen atoms in total. The Morgan fingerprint density at radius 2 is 2.17 bits per heavy atom. The van der Waals surface area contributed by atoms with Crippen molar-refractivity contribution in [2.24, 2.45) is 5.92 Å². The van der Waals surface area contributed by atoms with E-state index in [0.717, 1.165) is 15.2 Å². The molecule has 1 aliphatic rings. The Bertz CT molecular complexity index is 896. The minimum absolute atomic E-state index is 0.0563. The Morgan fingerprint density at radius 1 is 1.33 bits per heavy atom. The summed E-state index contributed by atoms with van der Waals surface area (Å²) in [5.74, 6) is -0.423. The van der Waals surface area contributed by atoms with Gasteiger partial charge in [0.15, 0.2) is 10.8 Å². The molecule has 0 aliphatic carbocycles. The van der Waals surface area contributed by atoms with E-state index in [9.17, 15) is 9.59 Å². The lowest BCUT2D eigenvalue weighted by Gasteiger charge is -2.13. The molecule has 7 heteroatoms. The van der Waals surface area contributed by atoms with Crippen molar-refractivity contribution in [2.75, 3.05) is 6.54 Å². The fourth-order valence-corrected chi connectivity index (χ4v) is 3.76. The molecule has 3 heterocycles. The van der Waals surface area contributed by atoms with Crippen LogP contribution in [0.5, 0.6) is 0 Å². The van der Waals surface area contributed by atoms with E-state index in [1.54, 1.807) is 11.3 Å². The second-order valence-corrected chi connectivity index (χ2v) is 6.80. The fourth-order valence-electron chi connectivity index (χ4n) is 2.83. The summed E-state index contributed by atoms with van der Waals surface area (Å²) in [7, 11) is 0. The number of carboxylic acid groups (broad SMARTS) is 1. The summed E-state index contributed by atoms with van der Waals surface area (Å²) < 4.78 is 6.90. The van der Waals surface area contributed by atoms with E-state index in [0.29, 0.717) is 11.5 Å². The highest BCUT2D eigenvalue weighted by atomic mass is 32.1. The first-order valence-corrected chi connectivity index (χ1v) is 8.37. The quantitative estimate of drug-likeness (QED) is 0.788. The number of likely N-dealkylation sites (tertiary alicyclic amines) is 1. The van der Waals surface area contributed by atoms with Crippen LogP contribution in [0, 0.1) is 5.92 Å². The van der Waals surface area contributed by atoms with Crippen LogP contribution in [0.25, 0.3) is 21.0 Å². The number of rotatable bonds is 4. The summed E-state index contributed by atoms with van der Waals surface area (Å²) >= 11 is 1.55. The molecule has 0 unspecified atom stereocenters. The van der Waals surface area contributed by atoms with E-state index < -0.39 is 11.9 Å². The van der Waals surface area contributed by atoms with Gasteiger partial charge in [0.2, 0.25) is 5.91 Å². The number of carbonyl (C=O) groups excluding carboxylic acids is 1. The van der Waals surface area contributed by atoms with Gasteiger partial charge in [-0.3, -0.25) is 9.59 Å². The molecule has 24 heavy (non-hydrogen) atoms. The summed E-state index contributed by atoms with van der Waals surface area (Å²) in [5.41, 5.74) is 0.925. The van der Waals surface area contributed by atoms with Crippen molar-refractivity contribution in [1.29, 1.82) is 0 Å². The van der Waals surface area contributed by atoms with E-state index in [2.05, 4.69) is 4.98 Å². The molecular weight excluding hydrogens is 328 g/mol. The lowest BCUT2D eigenvalue weighted by Crippen LogP contribution is -2.25. The van der Waals surface area contributed by atoms with Gasteiger partial charge < -0.3 is 14.4 Å². The van der Waals surface area contributed by atoms with Gasteiger partial charge in [0, 0.05) is 13.0 Å². The van der Waals surface area contributed by atoms with Crippen LogP contribution in [-0.4, -0.2) is 33.4 Å². The number of hydrogen-bond acceptors (Lipinski definition) is 5. The molecule has 2 aromatic heterocycles. The van der Waals surface area contributed by atoms with E-state index >= 15 is 0 Å². The van der Waals surface area contributed by atoms with Gasteiger partial charge in [0.1, 0.15) is 5.76 Å². The van der Waals surface area contributed by atoms with Gasteiger partial charge in [-0.05, 0) is 24.3 Å². The standard InChI is InChI=1S/C17H14N2O4S/c20-15-7-10(17(21)22)8-19(15)9-11-5-6-13(23-11)16-18-12-3-1-2-4-14(12)24-16/h1-6,10H,7-9H2,(H,21,22)/t10-/m1/s1. The third-order valence-corrected chi connectivity index (χ3v) is 5.13. The van der Waals surface area contributed by atoms with Crippen LogP contribution in [0.1, 0.15) is 12.2 Å². The van der Waals surface area contributed by atoms with Crippen molar-refractivity contribution in [1.82, 2.24) is 9.88 Å². The van der Waals surface area contributed by atoms with Crippen LogP contribution in [0.2, 0.25) is 0 Å². The van der Waals surface area contributed by atoms with Gasteiger partial charge in [-0.2, -0.15) is 0 Å². The van der Waals surface area contributed by atoms with Crippen LogP contribution >= 0.6 is 11.3 Å². The molecule has 1 aliphatic heterocycles. The molecule has 1 aromatic carbocycles. The van der Waals surface area contributed by atoms with Crippen LogP contribution in [-0.2, 0) is 16.1 Å². The zero-order valence-corrected chi connectivity index (χ0v) is 13.5. The summed E-state index contributed by atoms with van der Waals surface area (Å²) in [6.07, 6.45) is 0.0563. The van der Waals surface area contributed by atoms with Crippen molar-refractivity contribution in [3.8, 4) is 10.8 Å². The van der Waals surface area contributed by atoms with Crippen molar-refractivity contribution in [2.45, 2.75) is 13.0 Å². The first kappa shape index (κ1) is 14.9. The number of para-hydroxylation sites is 1. The number of furan rings is 1. The highest BCUT2D eigenvalue weighted by molar-refractivity contribution is 7.21. The molecule has 0 saturated carbocycles.